The normalized spacial score (nSPS) is 31.8. The molecule has 2 aliphatic rings. The lowest BCUT2D eigenvalue weighted by atomic mass is 10.2. The van der Waals surface area contributed by atoms with Gasteiger partial charge in [-0.15, -0.1) is 0 Å². The number of nitrogens with one attached hydrogen (secondary N) is 1. The summed E-state index contributed by atoms with van der Waals surface area (Å²) >= 11 is 0. The fourth-order valence-electron chi connectivity index (χ4n) is 2.50. The first-order valence-corrected chi connectivity index (χ1v) is 5.97. The van der Waals surface area contributed by atoms with E-state index in [0.29, 0.717) is 6.04 Å². The van der Waals surface area contributed by atoms with E-state index in [1.54, 1.807) is 0 Å². The molecule has 3 N–H and O–H groups in total. The Kier molecular flexibility index (Phi) is 3.46. The van der Waals surface area contributed by atoms with Gasteiger partial charge in [0.05, 0.1) is 0 Å². The van der Waals surface area contributed by atoms with Gasteiger partial charge in [0.15, 0.2) is 0 Å². The number of hydrogen-bond donors (Lipinski definition) is 2. The number of carbonyl (C=O) groups excluding carboxylic acids is 1. The maximum absolute atomic E-state index is 11.5. The standard InChI is InChI=1S/C11H20N2O2/c12-8-5-6-10(7-8)15-11(14)13-9-3-1-2-4-9/h8-10H,1-7,12H2,(H,13,14). The molecule has 4 heteroatoms. The molecule has 2 rings (SSSR count). The second kappa shape index (κ2) is 4.84. The van der Waals surface area contributed by atoms with Gasteiger partial charge in [-0.2, -0.15) is 0 Å². The highest BCUT2D eigenvalue weighted by molar-refractivity contribution is 5.67. The van der Waals surface area contributed by atoms with E-state index >= 15 is 0 Å². The highest BCUT2D eigenvalue weighted by Crippen LogP contribution is 2.21. The van der Waals surface area contributed by atoms with Crippen molar-refractivity contribution < 1.29 is 9.53 Å². The molecule has 0 heterocycles. The Balaban J connectivity index is 1.67. The van der Waals surface area contributed by atoms with Gasteiger partial charge in [-0.05, 0) is 32.1 Å². The Morgan fingerprint density at radius 3 is 2.53 bits per heavy atom. The fraction of sp³-hybridized carbons (Fsp3) is 0.909. The zero-order valence-electron chi connectivity index (χ0n) is 9.08. The largest absolute Gasteiger partial charge is 0.446 e. The summed E-state index contributed by atoms with van der Waals surface area (Å²) in [6, 6.07) is 0.557. The lowest BCUT2D eigenvalue weighted by molar-refractivity contribution is 0.0973. The van der Waals surface area contributed by atoms with Crippen LogP contribution in [0.3, 0.4) is 0 Å². The quantitative estimate of drug-likeness (QED) is 0.729. The van der Waals surface area contributed by atoms with Gasteiger partial charge in [0.25, 0.3) is 0 Å². The number of rotatable bonds is 2. The van der Waals surface area contributed by atoms with Crippen molar-refractivity contribution in [1.29, 1.82) is 0 Å². The van der Waals surface area contributed by atoms with Gasteiger partial charge in [-0.3, -0.25) is 0 Å². The molecule has 15 heavy (non-hydrogen) atoms. The van der Waals surface area contributed by atoms with Crippen LogP contribution in [-0.4, -0.2) is 24.3 Å². The topological polar surface area (TPSA) is 64.3 Å². The minimum atomic E-state index is -0.249. The molecule has 86 valence electrons. The Bertz CT molecular complexity index is 227. The maximum atomic E-state index is 11.5. The van der Waals surface area contributed by atoms with Crippen LogP contribution in [0.15, 0.2) is 0 Å². The zero-order valence-corrected chi connectivity index (χ0v) is 9.08. The van der Waals surface area contributed by atoms with Crippen molar-refractivity contribution >= 4 is 6.09 Å². The summed E-state index contributed by atoms with van der Waals surface area (Å²) in [5, 5.41) is 2.92. The van der Waals surface area contributed by atoms with E-state index in [-0.39, 0.29) is 18.2 Å². The minimum Gasteiger partial charge on any atom is -0.446 e. The first kappa shape index (κ1) is 10.7. The highest BCUT2D eigenvalue weighted by atomic mass is 16.6. The number of alkyl carbamates (subject to hydrolysis) is 1. The average Bonchev–Trinajstić information content (AvgIpc) is 2.77. The van der Waals surface area contributed by atoms with Gasteiger partial charge in [0.2, 0.25) is 0 Å². The van der Waals surface area contributed by atoms with E-state index in [1.807, 2.05) is 0 Å². The van der Waals surface area contributed by atoms with E-state index in [0.717, 1.165) is 32.1 Å². The van der Waals surface area contributed by atoms with Gasteiger partial charge in [-0.1, -0.05) is 12.8 Å². The van der Waals surface area contributed by atoms with E-state index in [1.165, 1.54) is 12.8 Å². The smallest absolute Gasteiger partial charge is 0.407 e. The number of amides is 1. The molecular formula is C11H20N2O2. The summed E-state index contributed by atoms with van der Waals surface area (Å²) in [7, 11) is 0. The van der Waals surface area contributed by atoms with Crippen LogP contribution >= 0.6 is 0 Å². The van der Waals surface area contributed by atoms with Gasteiger partial charge < -0.3 is 15.8 Å². The van der Waals surface area contributed by atoms with Crippen LogP contribution in [0.1, 0.15) is 44.9 Å². The van der Waals surface area contributed by atoms with Gasteiger partial charge in [0.1, 0.15) is 6.10 Å². The summed E-state index contributed by atoms with van der Waals surface area (Å²) in [6.07, 6.45) is 7.14. The molecule has 0 aromatic carbocycles. The van der Waals surface area contributed by atoms with E-state index in [2.05, 4.69) is 5.32 Å². The van der Waals surface area contributed by atoms with Crippen molar-refractivity contribution in [2.75, 3.05) is 0 Å². The molecule has 2 aliphatic carbocycles. The van der Waals surface area contributed by atoms with Crippen molar-refractivity contribution in [3.8, 4) is 0 Å². The molecule has 0 spiro atoms. The second-order valence-corrected chi connectivity index (χ2v) is 4.73. The summed E-state index contributed by atoms with van der Waals surface area (Å²) in [5.74, 6) is 0. The van der Waals surface area contributed by atoms with Crippen molar-refractivity contribution in [2.45, 2.75) is 63.1 Å². The predicted octanol–water partition coefficient (Wildman–Crippen LogP) is 1.53. The molecule has 2 fully saturated rings. The van der Waals surface area contributed by atoms with E-state index in [4.69, 9.17) is 10.5 Å². The summed E-state index contributed by atoms with van der Waals surface area (Å²) < 4.78 is 5.31. The molecule has 2 saturated carbocycles. The van der Waals surface area contributed by atoms with Crippen LogP contribution in [0.5, 0.6) is 0 Å². The minimum absolute atomic E-state index is 0.0430. The fourth-order valence-corrected chi connectivity index (χ4v) is 2.50. The highest BCUT2D eigenvalue weighted by Gasteiger charge is 2.26. The molecular weight excluding hydrogens is 192 g/mol. The predicted molar refractivity (Wildman–Crippen MR) is 57.5 cm³/mol. The zero-order chi connectivity index (χ0) is 10.7. The van der Waals surface area contributed by atoms with Crippen LogP contribution in [-0.2, 0) is 4.74 Å². The summed E-state index contributed by atoms with van der Waals surface area (Å²) in [4.78, 5) is 11.5. The van der Waals surface area contributed by atoms with Gasteiger partial charge in [0, 0.05) is 12.1 Å². The lowest BCUT2D eigenvalue weighted by Crippen LogP contribution is -2.35. The molecule has 0 saturated heterocycles. The number of nitrogens with two attached hydrogens (primary N) is 1. The first-order chi connectivity index (χ1) is 7.24. The summed E-state index contributed by atoms with van der Waals surface area (Å²) in [5.41, 5.74) is 5.75. The second-order valence-electron chi connectivity index (χ2n) is 4.73. The van der Waals surface area contributed by atoms with Gasteiger partial charge >= 0.3 is 6.09 Å². The summed E-state index contributed by atoms with van der Waals surface area (Å²) in [6.45, 7) is 0. The van der Waals surface area contributed by atoms with Crippen molar-refractivity contribution in [3.63, 3.8) is 0 Å². The third kappa shape index (κ3) is 3.09. The molecule has 1 amide bonds. The molecule has 0 bridgehead atoms. The molecule has 2 unspecified atom stereocenters. The number of hydrogen-bond acceptors (Lipinski definition) is 3. The van der Waals surface area contributed by atoms with Crippen molar-refractivity contribution in [1.82, 2.24) is 5.32 Å². The van der Waals surface area contributed by atoms with Crippen LogP contribution < -0.4 is 11.1 Å². The van der Waals surface area contributed by atoms with E-state index in [9.17, 15) is 4.79 Å². The average molecular weight is 212 g/mol. The Labute approximate surface area is 90.5 Å². The number of carbonyl (C=O) groups is 1. The molecule has 0 radical (unpaired) electrons. The molecule has 0 aromatic heterocycles. The molecule has 2 atom stereocenters. The van der Waals surface area contributed by atoms with Gasteiger partial charge in [-0.25, -0.2) is 4.79 Å². The lowest BCUT2D eigenvalue weighted by Gasteiger charge is -2.15. The number of ether oxygens (including phenoxy) is 1. The SMILES string of the molecule is NC1CCC(OC(=O)NC2CCCC2)C1. The molecule has 0 aromatic rings. The Morgan fingerprint density at radius 1 is 1.20 bits per heavy atom. The first-order valence-electron chi connectivity index (χ1n) is 5.97. The van der Waals surface area contributed by atoms with Crippen LogP contribution in [0, 0.1) is 0 Å². The third-order valence-corrected chi connectivity index (χ3v) is 3.38. The molecule has 4 nitrogen and oxygen atoms in total. The van der Waals surface area contributed by atoms with Crippen LogP contribution in [0.25, 0.3) is 0 Å². The van der Waals surface area contributed by atoms with Crippen molar-refractivity contribution in [3.05, 3.63) is 0 Å². The maximum Gasteiger partial charge on any atom is 0.407 e. The monoisotopic (exact) mass is 212 g/mol. The van der Waals surface area contributed by atoms with Crippen LogP contribution in [0.2, 0.25) is 0 Å². The van der Waals surface area contributed by atoms with Crippen molar-refractivity contribution in [2.24, 2.45) is 5.73 Å². The molecule has 0 aliphatic heterocycles. The van der Waals surface area contributed by atoms with Crippen LogP contribution in [0.4, 0.5) is 4.79 Å². The third-order valence-electron chi connectivity index (χ3n) is 3.38. The van der Waals surface area contributed by atoms with E-state index < -0.39 is 0 Å². The Hall–Kier alpha value is -0.770. The Morgan fingerprint density at radius 2 is 1.93 bits per heavy atom.